The lowest BCUT2D eigenvalue weighted by molar-refractivity contribution is -0.140. The number of hydrogen-bond acceptors (Lipinski definition) is 4. The van der Waals surface area contributed by atoms with Crippen LogP contribution < -0.4 is 15.1 Å². The summed E-state index contributed by atoms with van der Waals surface area (Å²) in [4.78, 5) is 38.8. The fraction of sp³-hybridized carbons (Fsp3) is 0.357. The van der Waals surface area contributed by atoms with Crippen LogP contribution in [0.4, 0.5) is 16.2 Å². The maximum atomic E-state index is 12.3. The van der Waals surface area contributed by atoms with E-state index in [1.165, 1.54) is 13.8 Å². The Kier molecular flexibility index (Phi) is 3.25. The Balaban J connectivity index is 2.38. The summed E-state index contributed by atoms with van der Waals surface area (Å²) in [6.45, 7) is 3.00. The van der Waals surface area contributed by atoms with Gasteiger partial charge in [0.25, 0.3) is 0 Å². The van der Waals surface area contributed by atoms with E-state index in [2.05, 4.69) is 5.32 Å². The molecule has 1 heterocycles. The van der Waals surface area contributed by atoms with Crippen molar-refractivity contribution in [1.82, 2.24) is 5.32 Å². The zero-order valence-corrected chi connectivity index (χ0v) is 11.9. The van der Waals surface area contributed by atoms with Gasteiger partial charge in [0.1, 0.15) is 5.41 Å². The van der Waals surface area contributed by atoms with E-state index in [-0.39, 0.29) is 0 Å². The largest absolute Gasteiger partial charge is 0.378 e. The lowest BCUT2D eigenvalue weighted by Crippen LogP contribution is -2.62. The molecule has 1 aliphatic heterocycles. The minimum Gasteiger partial charge on any atom is -0.378 e. The molecule has 1 aromatic rings. The molecule has 1 fully saturated rings. The Bertz CT molecular complexity index is 576. The third-order valence-electron chi connectivity index (χ3n) is 3.35. The molecule has 1 aromatic carbocycles. The first-order chi connectivity index (χ1) is 9.25. The predicted octanol–water partition coefficient (Wildman–Crippen LogP) is 1.36. The molecule has 0 aromatic heterocycles. The van der Waals surface area contributed by atoms with Gasteiger partial charge in [-0.1, -0.05) is 0 Å². The second kappa shape index (κ2) is 4.63. The zero-order valence-electron chi connectivity index (χ0n) is 11.9. The number of imide groups is 2. The molecule has 1 N–H and O–H groups in total. The maximum absolute atomic E-state index is 12.3. The normalized spacial score (nSPS) is 18.0. The van der Waals surface area contributed by atoms with Crippen molar-refractivity contribution >= 4 is 29.2 Å². The summed E-state index contributed by atoms with van der Waals surface area (Å²) < 4.78 is 0. The van der Waals surface area contributed by atoms with Gasteiger partial charge in [-0.3, -0.25) is 14.9 Å². The molecule has 2 rings (SSSR count). The van der Waals surface area contributed by atoms with E-state index < -0.39 is 23.3 Å². The maximum Gasteiger partial charge on any atom is 0.335 e. The molecule has 0 unspecified atom stereocenters. The van der Waals surface area contributed by atoms with Crippen LogP contribution in [0.5, 0.6) is 0 Å². The Hall–Kier alpha value is -2.37. The van der Waals surface area contributed by atoms with Crippen molar-refractivity contribution in [1.29, 1.82) is 0 Å². The third kappa shape index (κ3) is 2.13. The SMILES string of the molecule is CN(C)c1ccc(N2C(=O)NC(=O)C(C)(C)C2=O)cc1. The first kappa shape index (κ1) is 14.0. The van der Waals surface area contributed by atoms with E-state index in [1.54, 1.807) is 24.3 Å². The van der Waals surface area contributed by atoms with Gasteiger partial charge < -0.3 is 4.90 Å². The second-order valence-corrected chi connectivity index (χ2v) is 5.44. The van der Waals surface area contributed by atoms with Crippen LogP contribution in [-0.4, -0.2) is 31.9 Å². The van der Waals surface area contributed by atoms with Crippen LogP contribution in [0.1, 0.15) is 13.8 Å². The van der Waals surface area contributed by atoms with Crippen LogP contribution in [-0.2, 0) is 9.59 Å². The van der Waals surface area contributed by atoms with E-state index in [1.807, 2.05) is 19.0 Å². The van der Waals surface area contributed by atoms with Gasteiger partial charge in [-0.25, -0.2) is 9.69 Å². The van der Waals surface area contributed by atoms with Crippen LogP contribution in [0.3, 0.4) is 0 Å². The summed E-state index contributed by atoms with van der Waals surface area (Å²) in [5.74, 6) is -1.10. The van der Waals surface area contributed by atoms with E-state index in [4.69, 9.17) is 0 Å². The topological polar surface area (TPSA) is 69.7 Å². The number of hydrogen-bond donors (Lipinski definition) is 1. The van der Waals surface area contributed by atoms with Gasteiger partial charge in [-0.15, -0.1) is 0 Å². The molecule has 0 radical (unpaired) electrons. The van der Waals surface area contributed by atoms with Gasteiger partial charge in [0.15, 0.2) is 0 Å². The molecule has 1 aliphatic rings. The first-order valence-corrected chi connectivity index (χ1v) is 6.22. The van der Waals surface area contributed by atoms with Gasteiger partial charge in [0.2, 0.25) is 11.8 Å². The second-order valence-electron chi connectivity index (χ2n) is 5.44. The number of barbiturate groups is 1. The third-order valence-corrected chi connectivity index (χ3v) is 3.35. The molecule has 4 amide bonds. The minimum absolute atomic E-state index is 0.443. The van der Waals surface area contributed by atoms with E-state index in [0.29, 0.717) is 5.69 Å². The van der Waals surface area contributed by atoms with Crippen molar-refractivity contribution in [3.63, 3.8) is 0 Å². The Labute approximate surface area is 117 Å². The van der Waals surface area contributed by atoms with E-state index >= 15 is 0 Å². The average Bonchev–Trinajstić information content (AvgIpc) is 2.37. The monoisotopic (exact) mass is 275 g/mol. The smallest absolute Gasteiger partial charge is 0.335 e. The molecule has 0 bridgehead atoms. The number of carbonyl (C=O) groups excluding carboxylic acids is 3. The number of urea groups is 1. The molecule has 6 nitrogen and oxygen atoms in total. The summed E-state index contributed by atoms with van der Waals surface area (Å²) in [5, 5.41) is 2.20. The summed E-state index contributed by atoms with van der Waals surface area (Å²) >= 11 is 0. The number of benzene rings is 1. The predicted molar refractivity (Wildman–Crippen MR) is 75.6 cm³/mol. The first-order valence-electron chi connectivity index (χ1n) is 6.22. The van der Waals surface area contributed by atoms with Crippen LogP contribution in [0.25, 0.3) is 0 Å². The Morgan fingerprint density at radius 1 is 1.05 bits per heavy atom. The number of nitrogens with one attached hydrogen (secondary N) is 1. The number of nitrogens with zero attached hydrogens (tertiary/aromatic N) is 2. The van der Waals surface area contributed by atoms with Crippen LogP contribution >= 0.6 is 0 Å². The molecule has 0 spiro atoms. The van der Waals surface area contributed by atoms with Gasteiger partial charge in [0.05, 0.1) is 5.69 Å². The fourth-order valence-corrected chi connectivity index (χ4v) is 1.91. The van der Waals surface area contributed by atoms with Crippen molar-refractivity contribution in [2.75, 3.05) is 23.9 Å². The lowest BCUT2D eigenvalue weighted by atomic mass is 9.88. The Morgan fingerprint density at radius 3 is 2.10 bits per heavy atom. The molecule has 6 heteroatoms. The molecule has 1 saturated heterocycles. The summed E-state index contributed by atoms with van der Waals surface area (Å²) in [6.07, 6.45) is 0. The fourth-order valence-electron chi connectivity index (χ4n) is 1.91. The highest BCUT2D eigenvalue weighted by molar-refractivity contribution is 6.29. The van der Waals surface area contributed by atoms with Gasteiger partial charge in [0, 0.05) is 19.8 Å². The van der Waals surface area contributed by atoms with E-state index in [0.717, 1.165) is 10.6 Å². The molecule has 0 aliphatic carbocycles. The molecule has 0 atom stereocenters. The molecule has 20 heavy (non-hydrogen) atoms. The summed E-state index contributed by atoms with van der Waals surface area (Å²) in [6, 6.07) is 6.26. The minimum atomic E-state index is -1.26. The zero-order chi connectivity index (χ0) is 15.1. The number of anilines is 2. The van der Waals surface area contributed by atoms with Crippen molar-refractivity contribution in [3.05, 3.63) is 24.3 Å². The highest BCUT2D eigenvalue weighted by Crippen LogP contribution is 2.28. The average molecular weight is 275 g/mol. The van der Waals surface area contributed by atoms with Crippen molar-refractivity contribution in [3.8, 4) is 0 Å². The van der Waals surface area contributed by atoms with Crippen molar-refractivity contribution in [2.24, 2.45) is 5.41 Å². The highest BCUT2D eigenvalue weighted by atomic mass is 16.2. The van der Waals surface area contributed by atoms with Gasteiger partial charge >= 0.3 is 6.03 Å². The Morgan fingerprint density at radius 2 is 1.60 bits per heavy atom. The number of carbonyl (C=O) groups is 3. The number of amides is 4. The summed E-state index contributed by atoms with van der Waals surface area (Å²) in [7, 11) is 3.80. The van der Waals surface area contributed by atoms with Crippen LogP contribution in [0.15, 0.2) is 24.3 Å². The lowest BCUT2D eigenvalue weighted by Gasteiger charge is -2.34. The van der Waals surface area contributed by atoms with Gasteiger partial charge in [-0.2, -0.15) is 0 Å². The molecular formula is C14H17N3O3. The molecule has 106 valence electrons. The highest BCUT2D eigenvalue weighted by Gasteiger charge is 2.47. The van der Waals surface area contributed by atoms with Crippen molar-refractivity contribution in [2.45, 2.75) is 13.8 Å². The van der Waals surface area contributed by atoms with E-state index in [9.17, 15) is 14.4 Å². The van der Waals surface area contributed by atoms with Crippen LogP contribution in [0, 0.1) is 5.41 Å². The van der Waals surface area contributed by atoms with Crippen LogP contribution in [0.2, 0.25) is 0 Å². The summed E-state index contributed by atoms with van der Waals surface area (Å²) in [5.41, 5.74) is 0.140. The molecular weight excluding hydrogens is 258 g/mol. The number of rotatable bonds is 2. The molecule has 0 saturated carbocycles. The quantitative estimate of drug-likeness (QED) is 0.827. The standard InChI is InChI=1S/C14H17N3O3/c1-14(2)11(18)15-13(20)17(12(14)19)10-7-5-9(6-8-10)16(3)4/h5-8H,1-4H3,(H,15,18,20). The van der Waals surface area contributed by atoms with Crippen molar-refractivity contribution < 1.29 is 14.4 Å². The van der Waals surface area contributed by atoms with Gasteiger partial charge in [-0.05, 0) is 38.1 Å².